The van der Waals surface area contributed by atoms with Gasteiger partial charge in [-0.2, -0.15) is 0 Å². The van der Waals surface area contributed by atoms with Crippen molar-refractivity contribution in [2.45, 2.75) is 42.1 Å². The van der Waals surface area contributed by atoms with Crippen LogP contribution >= 0.6 is 10.0 Å². The molecular weight excluding hydrogens is 308 g/mol. The van der Waals surface area contributed by atoms with Crippen molar-refractivity contribution in [1.82, 2.24) is 0 Å². The van der Waals surface area contributed by atoms with Gasteiger partial charge in [-0.1, -0.05) is 76.2 Å². The summed E-state index contributed by atoms with van der Waals surface area (Å²) >= 11 is 0. The molecule has 3 aromatic rings. The lowest BCUT2D eigenvalue weighted by atomic mass is 10.0. The summed E-state index contributed by atoms with van der Waals surface area (Å²) in [6, 6.07) is 20.6. The van der Waals surface area contributed by atoms with Crippen LogP contribution in [0.4, 0.5) is 0 Å². The predicted octanol–water partition coefficient (Wildman–Crippen LogP) is 6.85. The van der Waals surface area contributed by atoms with Crippen molar-refractivity contribution in [3.8, 4) is 22.3 Å². The van der Waals surface area contributed by atoms with Gasteiger partial charge in [-0.15, -0.1) is 0 Å². The minimum atomic E-state index is -0.829. The van der Waals surface area contributed by atoms with E-state index < -0.39 is 10.0 Å². The highest BCUT2D eigenvalue weighted by molar-refractivity contribution is 8.41. The lowest BCUT2D eigenvalue weighted by molar-refractivity contribution is 0.652. The highest BCUT2D eigenvalue weighted by Crippen LogP contribution is 2.91. The molecule has 1 heterocycles. The van der Waals surface area contributed by atoms with E-state index in [0.29, 0.717) is 9.49 Å². The Bertz CT molecular complexity index is 980. The number of fused-ring (bicyclic) bond motifs is 3. The molecule has 0 aromatic heterocycles. The fraction of sp³-hybridized carbons (Fsp3) is 0.304. The van der Waals surface area contributed by atoms with Crippen molar-refractivity contribution in [1.29, 1.82) is 0 Å². The Morgan fingerprint density at radius 1 is 0.625 bits per heavy atom. The van der Waals surface area contributed by atoms with Crippen LogP contribution in [-0.2, 0) is 0 Å². The minimum Gasteiger partial charge on any atom is -0.204 e. The van der Waals surface area contributed by atoms with Crippen molar-refractivity contribution < 1.29 is 0 Å². The summed E-state index contributed by atoms with van der Waals surface area (Å²) in [6.45, 7) is 9.83. The van der Waals surface area contributed by atoms with E-state index in [4.69, 9.17) is 0 Å². The van der Waals surface area contributed by atoms with Crippen LogP contribution in [0, 0.1) is 0 Å². The minimum absolute atomic E-state index is 0.394. The largest absolute Gasteiger partial charge is 0.204 e. The van der Waals surface area contributed by atoms with Gasteiger partial charge < -0.3 is 0 Å². The van der Waals surface area contributed by atoms with Gasteiger partial charge >= 0.3 is 0 Å². The maximum absolute atomic E-state index is 2.54. The van der Waals surface area contributed by atoms with E-state index in [0.717, 1.165) is 0 Å². The molecular formula is C23H24S. The number of hydrogen-bond acceptors (Lipinski definition) is 0. The average molecular weight is 333 g/mol. The molecule has 24 heavy (non-hydrogen) atoms. The molecule has 1 aliphatic heterocycles. The summed E-state index contributed by atoms with van der Waals surface area (Å²) in [5.41, 5.74) is 5.62. The molecule has 0 bridgehead atoms. The first kappa shape index (κ1) is 14.6. The molecule has 5 rings (SSSR count). The van der Waals surface area contributed by atoms with Gasteiger partial charge in [0, 0.05) is 9.49 Å². The van der Waals surface area contributed by atoms with Gasteiger partial charge in [-0.3, -0.25) is 0 Å². The maximum Gasteiger partial charge on any atom is 0.0117 e. The molecule has 122 valence electrons. The summed E-state index contributed by atoms with van der Waals surface area (Å²) in [5.74, 6) is 0. The summed E-state index contributed by atoms with van der Waals surface area (Å²) in [5, 5.41) is 2.96. The van der Waals surface area contributed by atoms with Crippen LogP contribution in [0.2, 0.25) is 0 Å². The van der Waals surface area contributed by atoms with Gasteiger partial charge in [0.15, 0.2) is 0 Å². The molecule has 0 N–H and O–H groups in total. The molecule has 3 aromatic carbocycles. The quantitative estimate of drug-likeness (QED) is 0.334. The summed E-state index contributed by atoms with van der Waals surface area (Å²) in [4.78, 5) is 1.60. The Morgan fingerprint density at radius 2 is 1.17 bits per heavy atom. The topological polar surface area (TPSA) is 0 Å². The second kappa shape index (κ2) is 4.08. The van der Waals surface area contributed by atoms with E-state index >= 15 is 0 Å². The average Bonchev–Trinajstić information content (AvgIpc) is 2.84. The molecule has 2 aliphatic rings. The van der Waals surface area contributed by atoms with Crippen molar-refractivity contribution in [2.75, 3.05) is 6.26 Å². The smallest absolute Gasteiger partial charge is 0.0117 e. The Kier molecular flexibility index (Phi) is 2.48. The Balaban J connectivity index is 1.88. The molecule has 0 amide bonds. The van der Waals surface area contributed by atoms with E-state index in [2.05, 4.69) is 88.5 Å². The lowest BCUT2D eigenvalue weighted by Crippen LogP contribution is -2.10. The van der Waals surface area contributed by atoms with Crippen LogP contribution in [0.25, 0.3) is 33.0 Å². The second-order valence-electron chi connectivity index (χ2n) is 8.32. The van der Waals surface area contributed by atoms with Crippen LogP contribution in [-0.4, -0.2) is 15.7 Å². The third-order valence-corrected chi connectivity index (χ3v) is 13.5. The van der Waals surface area contributed by atoms with Crippen molar-refractivity contribution >= 4 is 20.8 Å². The fourth-order valence-electron chi connectivity index (χ4n) is 4.97. The lowest BCUT2D eigenvalue weighted by Gasteiger charge is -2.25. The zero-order valence-corrected chi connectivity index (χ0v) is 15.9. The van der Waals surface area contributed by atoms with Crippen LogP contribution in [0.5, 0.6) is 0 Å². The number of rotatable bonds is 1. The standard InChI is InChI=1S/C23H24S/c1-22(2)23(3,4)24(22,5)20-14-13-18-16-10-7-6-9-15(16)17-11-8-12-19(20)21(17)18/h6-14H,1-5H3. The van der Waals surface area contributed by atoms with Gasteiger partial charge in [0.1, 0.15) is 0 Å². The van der Waals surface area contributed by atoms with Gasteiger partial charge in [-0.25, -0.2) is 10.0 Å². The first-order chi connectivity index (χ1) is 11.3. The second-order valence-corrected chi connectivity index (χ2v) is 12.6. The van der Waals surface area contributed by atoms with Crippen LogP contribution in [0.3, 0.4) is 0 Å². The molecule has 0 radical (unpaired) electrons. The molecule has 1 aliphatic carbocycles. The molecule has 0 nitrogen and oxygen atoms in total. The third kappa shape index (κ3) is 1.33. The Morgan fingerprint density at radius 3 is 1.75 bits per heavy atom. The van der Waals surface area contributed by atoms with E-state index in [1.54, 1.807) is 4.90 Å². The van der Waals surface area contributed by atoms with Crippen molar-refractivity contribution in [3.63, 3.8) is 0 Å². The first-order valence-electron chi connectivity index (χ1n) is 8.75. The Labute approximate surface area is 146 Å². The van der Waals surface area contributed by atoms with E-state index in [1.807, 2.05) is 0 Å². The zero-order valence-electron chi connectivity index (χ0n) is 15.1. The fourth-order valence-corrected chi connectivity index (χ4v) is 9.97. The van der Waals surface area contributed by atoms with Crippen LogP contribution in [0.15, 0.2) is 59.5 Å². The normalized spacial score (nSPS) is 22.2. The Hall–Kier alpha value is -1.73. The van der Waals surface area contributed by atoms with Gasteiger partial charge in [-0.05, 0) is 50.2 Å². The van der Waals surface area contributed by atoms with Crippen LogP contribution < -0.4 is 0 Å². The summed E-state index contributed by atoms with van der Waals surface area (Å²) in [6.07, 6.45) is 2.54. The monoisotopic (exact) mass is 332 g/mol. The van der Waals surface area contributed by atoms with Crippen molar-refractivity contribution in [3.05, 3.63) is 54.6 Å². The van der Waals surface area contributed by atoms with E-state index in [9.17, 15) is 0 Å². The SMILES string of the molecule is CC1(C)C(C)(C)S1(C)c1ccc2c3c(cccc13)-c1ccccc1-2. The van der Waals surface area contributed by atoms with Gasteiger partial charge in [0.05, 0.1) is 0 Å². The number of hydrogen-bond donors (Lipinski definition) is 0. The first-order valence-corrected chi connectivity index (χ1v) is 10.8. The maximum atomic E-state index is 2.54. The molecule has 1 saturated heterocycles. The van der Waals surface area contributed by atoms with Gasteiger partial charge in [0.25, 0.3) is 0 Å². The number of benzene rings is 3. The summed E-state index contributed by atoms with van der Waals surface area (Å²) < 4.78 is 0.788. The molecule has 0 unspecified atom stereocenters. The highest BCUT2D eigenvalue weighted by Gasteiger charge is 2.71. The highest BCUT2D eigenvalue weighted by atomic mass is 32.3. The van der Waals surface area contributed by atoms with Crippen LogP contribution in [0.1, 0.15) is 27.7 Å². The molecule has 0 atom stereocenters. The molecule has 1 heteroatoms. The zero-order chi connectivity index (χ0) is 16.9. The van der Waals surface area contributed by atoms with Crippen molar-refractivity contribution in [2.24, 2.45) is 0 Å². The summed E-state index contributed by atoms with van der Waals surface area (Å²) in [7, 11) is -0.829. The van der Waals surface area contributed by atoms with Gasteiger partial charge in [0.2, 0.25) is 0 Å². The predicted molar refractivity (Wildman–Crippen MR) is 108 cm³/mol. The molecule has 1 fully saturated rings. The third-order valence-electron chi connectivity index (χ3n) is 7.40. The van der Waals surface area contributed by atoms with E-state index in [1.165, 1.54) is 33.0 Å². The molecule has 0 spiro atoms. The molecule has 0 saturated carbocycles. The van der Waals surface area contributed by atoms with E-state index in [-0.39, 0.29) is 0 Å².